The van der Waals surface area contributed by atoms with Gasteiger partial charge in [0.1, 0.15) is 5.76 Å². The van der Waals surface area contributed by atoms with Crippen molar-refractivity contribution in [3.63, 3.8) is 0 Å². The van der Waals surface area contributed by atoms with Gasteiger partial charge in [0.15, 0.2) is 0 Å². The number of carbonyl (C=O) groups excluding carboxylic acids is 1. The lowest BCUT2D eigenvalue weighted by molar-refractivity contribution is 0.0522. The van der Waals surface area contributed by atoms with Crippen LogP contribution in [0.3, 0.4) is 0 Å². The van der Waals surface area contributed by atoms with Crippen LogP contribution >= 0.6 is 0 Å². The summed E-state index contributed by atoms with van der Waals surface area (Å²) in [6.07, 6.45) is 3.55. The predicted molar refractivity (Wildman–Crippen MR) is 102 cm³/mol. The van der Waals surface area contributed by atoms with Gasteiger partial charge in [-0.15, -0.1) is 0 Å². The molecule has 0 saturated carbocycles. The third kappa shape index (κ3) is 3.13. The van der Waals surface area contributed by atoms with Gasteiger partial charge in [-0.05, 0) is 49.8 Å². The Bertz CT molecular complexity index is 959. The second-order valence-corrected chi connectivity index (χ2v) is 7.86. The molecule has 4 rings (SSSR count). The number of pyridine rings is 1. The highest BCUT2D eigenvalue weighted by Crippen LogP contribution is 2.36. The molecule has 142 valence electrons. The fourth-order valence-electron chi connectivity index (χ4n) is 3.87. The smallest absolute Gasteiger partial charge is 0.259 e. The van der Waals surface area contributed by atoms with Gasteiger partial charge >= 0.3 is 0 Å². The van der Waals surface area contributed by atoms with Crippen molar-refractivity contribution in [1.82, 2.24) is 15.0 Å². The van der Waals surface area contributed by atoms with Gasteiger partial charge in [-0.25, -0.2) is 4.98 Å². The summed E-state index contributed by atoms with van der Waals surface area (Å²) in [5.41, 5.74) is 2.58. The minimum absolute atomic E-state index is 0.0103. The van der Waals surface area contributed by atoms with Crippen LogP contribution in [0, 0.1) is 12.8 Å². The van der Waals surface area contributed by atoms with Crippen LogP contribution in [-0.4, -0.2) is 27.5 Å². The molecule has 0 aromatic carbocycles. The molecule has 27 heavy (non-hydrogen) atoms. The summed E-state index contributed by atoms with van der Waals surface area (Å²) in [4.78, 5) is 20.1. The first-order valence-electron chi connectivity index (χ1n) is 9.57. The maximum atomic E-state index is 13.6. The molecular weight excluding hydrogens is 342 g/mol. The zero-order chi connectivity index (χ0) is 19.1. The van der Waals surface area contributed by atoms with Gasteiger partial charge in [-0.1, -0.05) is 25.9 Å². The predicted octanol–water partition coefficient (Wildman–Crippen LogP) is 4.86. The lowest BCUT2D eigenvalue weighted by atomic mass is 9.90. The lowest BCUT2D eigenvalue weighted by Crippen LogP contribution is -2.40. The molecule has 0 aliphatic carbocycles. The maximum absolute atomic E-state index is 13.6. The number of fused-ring (bicyclic) bond motifs is 1. The fourth-order valence-corrected chi connectivity index (χ4v) is 3.87. The molecule has 4 heterocycles. The first-order valence-corrected chi connectivity index (χ1v) is 9.57. The van der Waals surface area contributed by atoms with Crippen molar-refractivity contribution in [3.05, 3.63) is 47.2 Å². The van der Waals surface area contributed by atoms with E-state index in [1.807, 2.05) is 30.0 Å². The van der Waals surface area contributed by atoms with E-state index in [9.17, 15) is 4.79 Å². The number of aromatic nitrogens is 2. The number of amides is 1. The second kappa shape index (κ2) is 6.83. The Morgan fingerprint density at radius 1 is 1.37 bits per heavy atom. The van der Waals surface area contributed by atoms with Crippen molar-refractivity contribution < 1.29 is 13.7 Å². The van der Waals surface area contributed by atoms with Crippen molar-refractivity contribution in [1.29, 1.82) is 0 Å². The first kappa shape index (κ1) is 17.8. The molecule has 6 heteroatoms. The quantitative estimate of drug-likeness (QED) is 0.661. The average molecular weight is 367 g/mol. The summed E-state index contributed by atoms with van der Waals surface area (Å²) in [6.45, 7) is 8.89. The van der Waals surface area contributed by atoms with E-state index in [1.165, 1.54) is 0 Å². The van der Waals surface area contributed by atoms with Crippen LogP contribution in [0.1, 0.15) is 73.1 Å². The third-order valence-electron chi connectivity index (χ3n) is 5.46. The van der Waals surface area contributed by atoms with Crippen LogP contribution < -0.4 is 0 Å². The molecule has 0 N–H and O–H groups in total. The molecule has 0 unspecified atom stereocenters. The highest BCUT2D eigenvalue weighted by molar-refractivity contribution is 6.06. The van der Waals surface area contributed by atoms with Crippen molar-refractivity contribution in [3.8, 4) is 0 Å². The molecule has 1 saturated heterocycles. The first-order chi connectivity index (χ1) is 13.0. The van der Waals surface area contributed by atoms with Gasteiger partial charge in [0, 0.05) is 12.2 Å². The molecule has 1 aliphatic rings. The summed E-state index contributed by atoms with van der Waals surface area (Å²) in [6, 6.07) is 5.68. The minimum Gasteiger partial charge on any atom is -0.467 e. The number of furan rings is 1. The van der Waals surface area contributed by atoms with Crippen LogP contribution in [0.25, 0.3) is 11.1 Å². The van der Waals surface area contributed by atoms with Crippen molar-refractivity contribution in [2.75, 3.05) is 6.54 Å². The topological polar surface area (TPSA) is 72.4 Å². The SMILES string of the molecule is Cc1noc2nc(C(C)C)cc(C(=O)N3CC[C@@H](C)C[C@@H]3c3ccco3)c12. The Kier molecular flexibility index (Phi) is 4.50. The summed E-state index contributed by atoms with van der Waals surface area (Å²) in [5.74, 6) is 1.56. The summed E-state index contributed by atoms with van der Waals surface area (Å²) in [7, 11) is 0. The van der Waals surface area contributed by atoms with Crippen molar-refractivity contribution in [2.45, 2.75) is 52.5 Å². The standard InChI is InChI=1S/C21H25N3O3/c1-12(2)16-11-15(19-14(4)23-27-20(19)22-16)21(25)24-8-7-13(3)10-17(24)18-6-5-9-26-18/h5-6,9,11-13,17H,7-8,10H2,1-4H3/t13-,17-/m1/s1. The Balaban J connectivity index is 1.80. The van der Waals surface area contributed by atoms with E-state index in [0.29, 0.717) is 34.8 Å². The minimum atomic E-state index is -0.0536. The van der Waals surface area contributed by atoms with E-state index in [2.05, 4.69) is 30.9 Å². The molecule has 1 fully saturated rings. The van der Waals surface area contributed by atoms with Gasteiger partial charge in [0.2, 0.25) is 0 Å². The Hall–Kier alpha value is -2.63. The van der Waals surface area contributed by atoms with E-state index in [0.717, 1.165) is 24.3 Å². The number of aryl methyl sites for hydroxylation is 1. The molecule has 0 spiro atoms. The van der Waals surface area contributed by atoms with Crippen molar-refractivity contribution >= 4 is 17.0 Å². The monoisotopic (exact) mass is 367 g/mol. The van der Waals surface area contributed by atoms with Gasteiger partial charge in [-0.3, -0.25) is 4.79 Å². The molecule has 3 aromatic rings. The molecule has 1 aliphatic heterocycles. The van der Waals surface area contributed by atoms with Crippen LogP contribution in [0.4, 0.5) is 0 Å². The van der Waals surface area contributed by atoms with Crippen LogP contribution in [0.5, 0.6) is 0 Å². The molecule has 0 bridgehead atoms. The van der Waals surface area contributed by atoms with Crippen LogP contribution in [0.2, 0.25) is 0 Å². The molecule has 3 aromatic heterocycles. The lowest BCUT2D eigenvalue weighted by Gasteiger charge is -2.37. The molecular formula is C21H25N3O3. The van der Waals surface area contributed by atoms with Crippen LogP contribution in [0.15, 0.2) is 33.4 Å². The number of rotatable bonds is 3. The third-order valence-corrected chi connectivity index (χ3v) is 5.46. The summed E-state index contributed by atoms with van der Waals surface area (Å²) < 4.78 is 11.0. The largest absolute Gasteiger partial charge is 0.467 e. The Morgan fingerprint density at radius 3 is 2.89 bits per heavy atom. The molecule has 1 amide bonds. The molecule has 2 atom stereocenters. The Labute approximate surface area is 158 Å². The summed E-state index contributed by atoms with van der Waals surface area (Å²) in [5, 5.41) is 4.75. The highest BCUT2D eigenvalue weighted by Gasteiger charge is 2.34. The number of carbonyl (C=O) groups is 1. The van der Waals surface area contributed by atoms with Gasteiger partial charge in [-0.2, -0.15) is 0 Å². The van der Waals surface area contributed by atoms with E-state index in [1.54, 1.807) is 6.26 Å². The normalized spacial score (nSPS) is 20.6. The number of hydrogen-bond acceptors (Lipinski definition) is 5. The number of likely N-dealkylation sites (tertiary alicyclic amines) is 1. The fraction of sp³-hybridized carbons (Fsp3) is 0.476. The number of nitrogens with zero attached hydrogens (tertiary/aromatic N) is 3. The molecule has 6 nitrogen and oxygen atoms in total. The second-order valence-electron chi connectivity index (χ2n) is 7.86. The highest BCUT2D eigenvalue weighted by atomic mass is 16.5. The van der Waals surface area contributed by atoms with E-state index >= 15 is 0 Å². The zero-order valence-corrected chi connectivity index (χ0v) is 16.2. The van der Waals surface area contributed by atoms with E-state index in [-0.39, 0.29) is 17.9 Å². The number of piperidine rings is 1. The van der Waals surface area contributed by atoms with Crippen LogP contribution in [-0.2, 0) is 0 Å². The summed E-state index contributed by atoms with van der Waals surface area (Å²) >= 11 is 0. The van der Waals surface area contributed by atoms with E-state index in [4.69, 9.17) is 8.94 Å². The average Bonchev–Trinajstić information content (AvgIpc) is 3.31. The van der Waals surface area contributed by atoms with Gasteiger partial charge in [0.05, 0.1) is 28.9 Å². The van der Waals surface area contributed by atoms with Gasteiger partial charge in [0.25, 0.3) is 11.6 Å². The van der Waals surface area contributed by atoms with E-state index < -0.39 is 0 Å². The zero-order valence-electron chi connectivity index (χ0n) is 16.2. The van der Waals surface area contributed by atoms with Crippen molar-refractivity contribution in [2.24, 2.45) is 5.92 Å². The number of hydrogen-bond donors (Lipinski definition) is 0. The Morgan fingerprint density at radius 2 is 2.19 bits per heavy atom. The van der Waals surface area contributed by atoms with Gasteiger partial charge < -0.3 is 13.8 Å². The maximum Gasteiger partial charge on any atom is 0.259 e. The molecule has 0 radical (unpaired) electrons.